The lowest BCUT2D eigenvalue weighted by atomic mass is 9.96. The Bertz CT molecular complexity index is 1520. The lowest BCUT2D eigenvalue weighted by Gasteiger charge is -2.25. The second kappa shape index (κ2) is 9.89. The average Bonchev–Trinajstić information content (AvgIpc) is 3.38. The summed E-state index contributed by atoms with van der Waals surface area (Å²) in [5, 5.41) is 11.6. The number of Topliss-reactive ketones (excluding diaryl/α,β-unsaturated/α-hetero) is 1. The van der Waals surface area contributed by atoms with Gasteiger partial charge in [0.2, 0.25) is 0 Å². The summed E-state index contributed by atoms with van der Waals surface area (Å²) in [5.74, 6) is -1.10. The van der Waals surface area contributed by atoms with Gasteiger partial charge in [-0.2, -0.15) is 0 Å². The number of hydrogen-bond acceptors (Lipinski definition) is 6. The number of ketones is 1. The van der Waals surface area contributed by atoms with E-state index in [9.17, 15) is 14.7 Å². The van der Waals surface area contributed by atoms with Crippen LogP contribution in [0.1, 0.15) is 47.5 Å². The van der Waals surface area contributed by atoms with Crippen molar-refractivity contribution in [1.82, 2.24) is 19.3 Å². The number of pyridine rings is 2. The Morgan fingerprint density at radius 2 is 1.95 bits per heavy atom. The number of aryl methyl sites for hydroxylation is 2. The van der Waals surface area contributed by atoms with Crippen LogP contribution in [-0.2, 0) is 16.1 Å². The monoisotopic (exact) mass is 496 g/mol. The number of aliphatic hydroxyl groups is 1. The highest BCUT2D eigenvalue weighted by Crippen LogP contribution is 2.41. The van der Waals surface area contributed by atoms with E-state index in [1.165, 1.54) is 4.90 Å². The fourth-order valence-corrected chi connectivity index (χ4v) is 4.75. The number of ether oxygens (including phenoxy) is 1. The molecule has 1 amide bonds. The van der Waals surface area contributed by atoms with Crippen molar-refractivity contribution >= 4 is 23.1 Å². The number of likely N-dealkylation sites (tertiary alicyclic amines) is 1. The number of carbonyl (C=O) groups is 2. The molecule has 5 rings (SSSR count). The first-order valence-corrected chi connectivity index (χ1v) is 12.3. The van der Waals surface area contributed by atoms with Crippen LogP contribution in [0.2, 0.25) is 0 Å². The zero-order valence-electron chi connectivity index (χ0n) is 21.0. The van der Waals surface area contributed by atoms with Crippen LogP contribution in [0.25, 0.3) is 11.4 Å². The van der Waals surface area contributed by atoms with E-state index in [1.807, 2.05) is 73.8 Å². The summed E-state index contributed by atoms with van der Waals surface area (Å²) in [6.07, 6.45) is 6.01. The van der Waals surface area contributed by atoms with Crippen LogP contribution in [0.4, 0.5) is 0 Å². The highest BCUT2D eigenvalue weighted by molar-refractivity contribution is 6.46. The zero-order valence-corrected chi connectivity index (χ0v) is 21.0. The first kappa shape index (κ1) is 24.2. The Labute approximate surface area is 214 Å². The molecule has 1 N–H and O–H groups in total. The third kappa shape index (κ3) is 4.35. The van der Waals surface area contributed by atoms with Gasteiger partial charge in [0, 0.05) is 25.1 Å². The fourth-order valence-electron chi connectivity index (χ4n) is 4.75. The second-order valence-electron chi connectivity index (χ2n) is 9.14. The smallest absolute Gasteiger partial charge is 0.295 e. The summed E-state index contributed by atoms with van der Waals surface area (Å²) in [6.45, 7) is 6.47. The van der Waals surface area contributed by atoms with Crippen molar-refractivity contribution in [3.05, 3.63) is 101 Å². The van der Waals surface area contributed by atoms with Gasteiger partial charge in [0.15, 0.2) is 5.76 Å². The molecule has 188 valence electrons. The third-order valence-corrected chi connectivity index (χ3v) is 6.57. The third-order valence-electron chi connectivity index (χ3n) is 6.57. The lowest BCUT2D eigenvalue weighted by molar-refractivity contribution is -0.140. The molecule has 1 atom stereocenters. The topological polar surface area (TPSA) is 97.0 Å². The highest BCUT2D eigenvalue weighted by Gasteiger charge is 2.46. The summed E-state index contributed by atoms with van der Waals surface area (Å²) in [6, 6.07) is 13.9. The number of benzene rings is 1. The number of fused-ring (bicyclic) bond motifs is 1. The minimum atomic E-state index is -0.823. The molecule has 37 heavy (non-hydrogen) atoms. The number of aliphatic hydroxyl groups excluding tert-OH is 1. The van der Waals surface area contributed by atoms with Crippen molar-refractivity contribution in [2.45, 2.75) is 39.8 Å². The minimum Gasteiger partial charge on any atom is -0.505 e. The molecular formula is C29H28N4O4. The van der Waals surface area contributed by atoms with Gasteiger partial charge in [-0.25, -0.2) is 4.98 Å². The Morgan fingerprint density at radius 1 is 1.11 bits per heavy atom. The predicted octanol–water partition coefficient (Wildman–Crippen LogP) is 4.76. The molecule has 0 bridgehead atoms. The lowest BCUT2D eigenvalue weighted by Crippen LogP contribution is -2.29. The summed E-state index contributed by atoms with van der Waals surface area (Å²) >= 11 is 0. The zero-order chi connectivity index (χ0) is 26.1. The number of aromatic nitrogens is 3. The molecule has 8 nitrogen and oxygen atoms in total. The van der Waals surface area contributed by atoms with Crippen molar-refractivity contribution in [3.63, 3.8) is 0 Å². The van der Waals surface area contributed by atoms with Crippen molar-refractivity contribution in [3.8, 4) is 5.75 Å². The molecule has 0 radical (unpaired) electrons. The average molecular weight is 497 g/mol. The second-order valence-corrected chi connectivity index (χ2v) is 9.14. The quantitative estimate of drug-likeness (QED) is 0.225. The molecule has 0 aliphatic carbocycles. The van der Waals surface area contributed by atoms with Gasteiger partial charge in [-0.1, -0.05) is 31.2 Å². The Balaban J connectivity index is 1.69. The number of imidazole rings is 1. The molecular weight excluding hydrogens is 468 g/mol. The first-order valence-electron chi connectivity index (χ1n) is 12.3. The molecule has 1 aromatic carbocycles. The predicted molar refractivity (Wildman–Crippen MR) is 139 cm³/mol. The van der Waals surface area contributed by atoms with E-state index < -0.39 is 17.7 Å². The number of nitrogens with zero attached hydrogens (tertiary/aromatic N) is 4. The molecule has 1 fully saturated rings. The maximum atomic E-state index is 13.5. The van der Waals surface area contributed by atoms with E-state index >= 15 is 0 Å². The van der Waals surface area contributed by atoms with Gasteiger partial charge in [0.25, 0.3) is 11.7 Å². The molecule has 1 aliphatic heterocycles. The normalized spacial score (nSPS) is 17.1. The maximum Gasteiger partial charge on any atom is 0.295 e. The summed E-state index contributed by atoms with van der Waals surface area (Å²) in [5.41, 5.74) is 4.00. The fraction of sp³-hybridized carbons (Fsp3) is 0.241. The highest BCUT2D eigenvalue weighted by atomic mass is 16.5. The molecule has 1 aliphatic rings. The SMILES string of the molecule is CCCOc1cccc(C2/C(=C(\O)c3nc4c(C)cccn4c3C)C(=O)C(=O)N2Cc2cccnc2)c1. The van der Waals surface area contributed by atoms with Crippen molar-refractivity contribution in [2.75, 3.05) is 6.61 Å². The van der Waals surface area contributed by atoms with Crippen LogP contribution >= 0.6 is 0 Å². The van der Waals surface area contributed by atoms with Gasteiger partial charge < -0.3 is 19.1 Å². The van der Waals surface area contributed by atoms with E-state index in [1.54, 1.807) is 18.5 Å². The Hall–Kier alpha value is -4.46. The molecule has 0 spiro atoms. The van der Waals surface area contributed by atoms with Crippen molar-refractivity contribution in [2.24, 2.45) is 0 Å². The standard InChI is InChI=1S/C29H28N4O4/c1-4-14-37-22-11-5-10-21(15-22)25-23(27(35)29(36)33(25)17-20-9-6-12-30-16-20)26(34)24-19(3)32-13-7-8-18(2)28(32)31-24/h5-13,15-16,25,34H,4,14,17H2,1-3H3/b26-23+. The van der Waals surface area contributed by atoms with Crippen LogP contribution in [0.3, 0.4) is 0 Å². The molecule has 8 heteroatoms. The number of rotatable bonds is 7. The van der Waals surface area contributed by atoms with Crippen LogP contribution < -0.4 is 4.74 Å². The molecule has 3 aromatic heterocycles. The van der Waals surface area contributed by atoms with E-state index in [2.05, 4.69) is 9.97 Å². The Kier molecular flexibility index (Phi) is 6.48. The van der Waals surface area contributed by atoms with Crippen LogP contribution in [0, 0.1) is 13.8 Å². The van der Waals surface area contributed by atoms with Gasteiger partial charge in [-0.3, -0.25) is 14.6 Å². The number of carbonyl (C=O) groups excluding carboxylic acids is 2. The maximum absolute atomic E-state index is 13.5. The minimum absolute atomic E-state index is 0.00527. The molecule has 4 heterocycles. The van der Waals surface area contributed by atoms with Gasteiger partial charge in [0.05, 0.1) is 23.9 Å². The molecule has 1 saturated heterocycles. The van der Waals surface area contributed by atoms with E-state index in [-0.39, 0.29) is 23.6 Å². The van der Waals surface area contributed by atoms with Crippen LogP contribution in [0.5, 0.6) is 5.75 Å². The first-order chi connectivity index (χ1) is 17.9. The van der Waals surface area contributed by atoms with Gasteiger partial charge >= 0.3 is 0 Å². The summed E-state index contributed by atoms with van der Waals surface area (Å²) in [4.78, 5) is 37.1. The van der Waals surface area contributed by atoms with E-state index in [0.29, 0.717) is 29.3 Å². The molecule has 1 unspecified atom stereocenters. The van der Waals surface area contributed by atoms with Crippen molar-refractivity contribution in [1.29, 1.82) is 0 Å². The van der Waals surface area contributed by atoms with Crippen molar-refractivity contribution < 1.29 is 19.4 Å². The summed E-state index contributed by atoms with van der Waals surface area (Å²) in [7, 11) is 0. The summed E-state index contributed by atoms with van der Waals surface area (Å²) < 4.78 is 7.69. The van der Waals surface area contributed by atoms with E-state index in [4.69, 9.17) is 4.74 Å². The Morgan fingerprint density at radius 3 is 2.68 bits per heavy atom. The molecule has 0 saturated carbocycles. The van der Waals surface area contributed by atoms with Crippen LogP contribution in [0.15, 0.2) is 72.7 Å². The molecule has 4 aromatic rings. The van der Waals surface area contributed by atoms with Gasteiger partial charge in [0.1, 0.15) is 17.1 Å². The van der Waals surface area contributed by atoms with Gasteiger partial charge in [-0.05, 0) is 61.2 Å². The number of hydrogen-bond donors (Lipinski definition) is 1. The largest absolute Gasteiger partial charge is 0.505 e. The number of amides is 1. The van der Waals surface area contributed by atoms with Crippen LogP contribution in [-0.4, -0.2) is 42.7 Å². The van der Waals surface area contributed by atoms with Gasteiger partial charge in [-0.15, -0.1) is 0 Å². The van der Waals surface area contributed by atoms with E-state index in [0.717, 1.165) is 17.5 Å².